The number of hydrogen-bond acceptors (Lipinski definition) is 9. The Bertz CT molecular complexity index is 1760. The minimum atomic E-state index is -4.17. The molecule has 8 rings (SSSR count). The van der Waals surface area contributed by atoms with Crippen molar-refractivity contribution in [1.29, 1.82) is 0 Å². The molecule has 3 N–H and O–H groups in total. The standard InChI is InChI=1S/C35H44F2N4O7S/c1-19(2)15-41(49(44,45)25-6-8-29-32(13-25)48-35(40-29)38-24-4-5-24)16-31(42)30(11-20-9-22(36)12-23(37)10-20)39-33(43)14-27-21-3-7-26-28(27)18-47-34(26)46-17-21/h6,8-10,12-13,19,21,24,26-28,30-31,34,42H,3-5,7,11,14-18H2,1-2H3,(H,38,40)(H,39,43)/t21?,26?,27-,28+,30-,31+,34-/m0/s1. The van der Waals surface area contributed by atoms with Gasteiger partial charge in [0.05, 0.1) is 30.3 Å². The molecular weight excluding hydrogens is 658 g/mol. The zero-order chi connectivity index (χ0) is 34.4. The van der Waals surface area contributed by atoms with Crippen LogP contribution in [0.3, 0.4) is 0 Å². The number of carbonyl (C=O) groups excluding carboxylic acids is 1. The van der Waals surface area contributed by atoms with Crippen LogP contribution >= 0.6 is 0 Å². The summed E-state index contributed by atoms with van der Waals surface area (Å²) in [6, 6.07) is 7.10. The summed E-state index contributed by atoms with van der Waals surface area (Å²) in [6.07, 6.45) is 2.38. The molecule has 2 unspecified atom stereocenters. The Morgan fingerprint density at radius 1 is 1.02 bits per heavy atom. The van der Waals surface area contributed by atoms with Crippen molar-refractivity contribution >= 4 is 33.0 Å². The van der Waals surface area contributed by atoms with Crippen molar-refractivity contribution in [3.05, 3.63) is 53.6 Å². The van der Waals surface area contributed by atoms with Crippen LogP contribution in [0.15, 0.2) is 45.7 Å². The highest BCUT2D eigenvalue weighted by Gasteiger charge is 2.51. The molecule has 4 heterocycles. The lowest BCUT2D eigenvalue weighted by molar-refractivity contribution is -0.134. The highest BCUT2D eigenvalue weighted by atomic mass is 32.2. The first-order chi connectivity index (χ1) is 23.4. The molecule has 14 heteroatoms. The van der Waals surface area contributed by atoms with E-state index in [0.29, 0.717) is 36.4 Å². The fourth-order valence-corrected chi connectivity index (χ4v) is 9.41. The zero-order valence-corrected chi connectivity index (χ0v) is 28.5. The molecule has 7 atom stereocenters. The summed E-state index contributed by atoms with van der Waals surface area (Å²) >= 11 is 0. The number of nitrogens with zero attached hydrogens (tertiary/aromatic N) is 2. The molecule has 1 aromatic heterocycles. The van der Waals surface area contributed by atoms with Crippen molar-refractivity contribution in [3.8, 4) is 0 Å². The van der Waals surface area contributed by atoms with E-state index in [1.54, 1.807) is 6.07 Å². The molecule has 3 saturated heterocycles. The third kappa shape index (κ3) is 7.63. The second-order valence-corrected chi connectivity index (χ2v) is 16.5. The van der Waals surface area contributed by atoms with E-state index in [1.807, 2.05) is 13.8 Å². The average molecular weight is 703 g/mol. The molecule has 266 valence electrons. The molecule has 1 amide bonds. The number of nitrogens with one attached hydrogen (secondary N) is 2. The van der Waals surface area contributed by atoms with Crippen LogP contribution in [0.5, 0.6) is 0 Å². The number of hydrogen-bond donors (Lipinski definition) is 3. The Kier molecular flexibility index (Phi) is 9.70. The molecule has 2 aromatic carbocycles. The largest absolute Gasteiger partial charge is 0.424 e. The summed E-state index contributed by atoms with van der Waals surface area (Å²) < 4.78 is 75.4. The highest BCUT2D eigenvalue weighted by Crippen LogP contribution is 2.49. The van der Waals surface area contributed by atoms with E-state index in [2.05, 4.69) is 15.6 Å². The Hall–Kier alpha value is -3.17. The number of ether oxygens (including phenoxy) is 2. The smallest absolute Gasteiger partial charge is 0.295 e. The quantitative estimate of drug-likeness (QED) is 0.222. The minimum absolute atomic E-state index is 0.0273. The summed E-state index contributed by atoms with van der Waals surface area (Å²) in [4.78, 5) is 18.1. The summed E-state index contributed by atoms with van der Waals surface area (Å²) in [5.74, 6) is -1.36. The zero-order valence-electron chi connectivity index (χ0n) is 27.7. The number of anilines is 1. The summed E-state index contributed by atoms with van der Waals surface area (Å²) in [5, 5.41) is 17.8. The molecule has 0 radical (unpaired) electrons. The van der Waals surface area contributed by atoms with Crippen LogP contribution < -0.4 is 10.6 Å². The molecule has 0 spiro atoms. The van der Waals surface area contributed by atoms with Gasteiger partial charge in [0, 0.05) is 43.6 Å². The molecule has 3 aliphatic heterocycles. The predicted molar refractivity (Wildman–Crippen MR) is 176 cm³/mol. The topological polar surface area (TPSA) is 143 Å². The number of carbonyl (C=O) groups is 1. The lowest BCUT2D eigenvalue weighted by Gasteiger charge is -2.36. The number of rotatable bonds is 14. The molecule has 2 saturated carbocycles. The summed E-state index contributed by atoms with van der Waals surface area (Å²) in [6.45, 7) is 4.47. The second-order valence-electron chi connectivity index (χ2n) is 14.6. The van der Waals surface area contributed by atoms with Gasteiger partial charge >= 0.3 is 0 Å². The highest BCUT2D eigenvalue weighted by molar-refractivity contribution is 7.89. The van der Waals surface area contributed by atoms with Crippen molar-refractivity contribution in [2.75, 3.05) is 31.6 Å². The summed E-state index contributed by atoms with van der Waals surface area (Å²) in [7, 11) is -4.17. The lowest BCUT2D eigenvalue weighted by atomic mass is 9.67. The normalized spacial score (nSPS) is 26.3. The maximum absolute atomic E-state index is 14.2. The number of benzene rings is 2. The average Bonchev–Trinajstić information content (AvgIpc) is 3.69. The van der Waals surface area contributed by atoms with Crippen LogP contribution in [0.4, 0.5) is 14.8 Å². The number of sulfonamides is 1. The van der Waals surface area contributed by atoms with Gasteiger partial charge in [-0.25, -0.2) is 17.2 Å². The lowest BCUT2D eigenvalue weighted by Crippen LogP contribution is -2.51. The number of aliphatic hydroxyl groups excluding tert-OH is 1. The SMILES string of the molecule is CC(C)CN(C[C@@H](O)[C@H](Cc1cc(F)cc(F)c1)NC(=O)C[C@H]1C2CCC3[C@@H](OC2)OC[C@H]31)S(=O)(=O)c1ccc2nc(NC3CC3)oc2c1. The molecule has 49 heavy (non-hydrogen) atoms. The molecular formula is C35H44F2N4O7S. The molecule has 5 fully saturated rings. The van der Waals surface area contributed by atoms with Crippen LogP contribution in [0, 0.1) is 41.2 Å². The van der Waals surface area contributed by atoms with E-state index in [9.17, 15) is 27.1 Å². The number of oxazole rings is 1. The van der Waals surface area contributed by atoms with E-state index >= 15 is 0 Å². The first-order valence-corrected chi connectivity index (χ1v) is 18.7. The van der Waals surface area contributed by atoms with E-state index in [1.165, 1.54) is 16.4 Å². The van der Waals surface area contributed by atoms with E-state index in [0.717, 1.165) is 43.9 Å². The molecule has 11 nitrogen and oxygen atoms in total. The van der Waals surface area contributed by atoms with Gasteiger partial charge in [0.1, 0.15) is 17.2 Å². The minimum Gasteiger partial charge on any atom is -0.424 e. The van der Waals surface area contributed by atoms with Crippen LogP contribution in [0.2, 0.25) is 0 Å². The Morgan fingerprint density at radius 3 is 2.51 bits per heavy atom. The maximum Gasteiger partial charge on any atom is 0.295 e. The molecule has 3 aromatic rings. The summed E-state index contributed by atoms with van der Waals surface area (Å²) in [5.41, 5.74) is 1.04. The first kappa shape index (κ1) is 34.3. The monoisotopic (exact) mass is 702 g/mol. The van der Waals surface area contributed by atoms with Gasteiger partial charge in [-0.3, -0.25) is 4.79 Å². The van der Waals surface area contributed by atoms with Crippen LogP contribution in [0.1, 0.15) is 51.5 Å². The predicted octanol–water partition coefficient (Wildman–Crippen LogP) is 4.45. The third-order valence-electron chi connectivity index (χ3n) is 10.3. The van der Waals surface area contributed by atoms with E-state index in [-0.39, 0.29) is 78.2 Å². The van der Waals surface area contributed by atoms with Crippen LogP contribution in [-0.2, 0) is 30.7 Å². The Balaban J connectivity index is 1.12. The van der Waals surface area contributed by atoms with E-state index < -0.39 is 33.8 Å². The van der Waals surface area contributed by atoms with Gasteiger partial charge in [-0.2, -0.15) is 9.29 Å². The number of fused-ring (bicyclic) bond motifs is 3. The van der Waals surface area contributed by atoms with Crippen molar-refractivity contribution in [2.24, 2.45) is 29.6 Å². The van der Waals surface area contributed by atoms with Gasteiger partial charge in [-0.15, -0.1) is 0 Å². The van der Waals surface area contributed by atoms with Crippen molar-refractivity contribution in [3.63, 3.8) is 0 Å². The number of halogens is 2. The van der Waals surface area contributed by atoms with Gasteiger partial charge in [0.25, 0.3) is 6.01 Å². The van der Waals surface area contributed by atoms with Crippen molar-refractivity contribution < 1.29 is 41.0 Å². The molecule has 2 aliphatic carbocycles. The van der Waals surface area contributed by atoms with Gasteiger partial charge in [0.2, 0.25) is 15.9 Å². The van der Waals surface area contributed by atoms with Crippen molar-refractivity contribution in [2.45, 2.75) is 81.7 Å². The Morgan fingerprint density at radius 2 is 1.78 bits per heavy atom. The van der Waals surface area contributed by atoms with Gasteiger partial charge in [-0.1, -0.05) is 13.8 Å². The van der Waals surface area contributed by atoms with E-state index in [4.69, 9.17) is 13.9 Å². The van der Waals surface area contributed by atoms with Gasteiger partial charge < -0.3 is 29.6 Å². The van der Waals surface area contributed by atoms with Crippen LogP contribution in [0.25, 0.3) is 11.1 Å². The molecule has 4 bridgehead atoms. The van der Waals surface area contributed by atoms with Gasteiger partial charge in [-0.05, 0) is 85.6 Å². The third-order valence-corrected chi connectivity index (χ3v) is 12.2. The molecule has 5 aliphatic rings. The number of amides is 1. The first-order valence-electron chi connectivity index (χ1n) is 17.3. The number of aromatic nitrogens is 1. The number of aliphatic hydroxyl groups is 1. The van der Waals surface area contributed by atoms with Crippen molar-refractivity contribution in [1.82, 2.24) is 14.6 Å². The fraction of sp³-hybridized carbons (Fsp3) is 0.600. The maximum atomic E-state index is 14.2. The Labute approximate surface area is 284 Å². The fourth-order valence-electron chi connectivity index (χ4n) is 7.77. The van der Waals surface area contributed by atoms with Gasteiger partial charge in [0.15, 0.2) is 11.9 Å². The van der Waals surface area contributed by atoms with Crippen LogP contribution in [-0.4, -0.2) is 79.5 Å². The second kappa shape index (κ2) is 13.9.